The molecule has 25 heavy (non-hydrogen) atoms. The lowest BCUT2D eigenvalue weighted by Gasteiger charge is -2.56. The van der Waals surface area contributed by atoms with Crippen molar-refractivity contribution in [3.63, 3.8) is 0 Å². The smallest absolute Gasteiger partial charge is 0.267 e. The van der Waals surface area contributed by atoms with Gasteiger partial charge in [-0.3, -0.25) is 4.79 Å². The zero-order valence-corrected chi connectivity index (χ0v) is 15.7. The molecular weight excluding hydrogens is 378 g/mol. The first-order chi connectivity index (χ1) is 12.0. The van der Waals surface area contributed by atoms with Gasteiger partial charge in [-0.25, -0.2) is 0 Å². The van der Waals surface area contributed by atoms with Crippen LogP contribution in [0.3, 0.4) is 0 Å². The van der Waals surface area contributed by atoms with Gasteiger partial charge in [0, 0.05) is 21.9 Å². The van der Waals surface area contributed by atoms with Gasteiger partial charge in [0.25, 0.3) is 5.91 Å². The van der Waals surface area contributed by atoms with Gasteiger partial charge in [0.2, 0.25) is 0 Å². The molecule has 0 spiro atoms. The average molecular weight is 400 g/mol. The lowest BCUT2D eigenvalue weighted by molar-refractivity contribution is -0.112. The van der Waals surface area contributed by atoms with Crippen LogP contribution in [0.1, 0.15) is 38.5 Å². The Kier molecular flexibility index (Phi) is 4.33. The van der Waals surface area contributed by atoms with Crippen LogP contribution < -0.4 is 10.6 Å². The molecule has 1 aromatic rings. The highest BCUT2D eigenvalue weighted by Crippen LogP contribution is 2.55. The molecule has 0 unspecified atom stereocenters. The van der Waals surface area contributed by atoms with Gasteiger partial charge in [0.15, 0.2) is 0 Å². The first kappa shape index (κ1) is 16.7. The van der Waals surface area contributed by atoms with Crippen molar-refractivity contribution in [3.8, 4) is 6.07 Å². The Morgan fingerprint density at radius 3 is 2.20 bits per heavy atom. The number of nitrogens with one attached hydrogen (secondary N) is 2. The monoisotopic (exact) mass is 399 g/mol. The highest BCUT2D eigenvalue weighted by molar-refractivity contribution is 9.10. The molecule has 4 aliphatic rings. The summed E-state index contributed by atoms with van der Waals surface area (Å²) in [6, 6.07) is 9.38. The number of amides is 1. The van der Waals surface area contributed by atoms with Gasteiger partial charge < -0.3 is 10.6 Å². The van der Waals surface area contributed by atoms with E-state index in [4.69, 9.17) is 0 Å². The Labute approximate surface area is 156 Å². The van der Waals surface area contributed by atoms with E-state index in [9.17, 15) is 10.1 Å². The maximum absolute atomic E-state index is 12.4. The fourth-order valence-corrected chi connectivity index (χ4v) is 5.66. The number of hydrogen-bond acceptors (Lipinski definition) is 3. The molecule has 1 amide bonds. The van der Waals surface area contributed by atoms with Gasteiger partial charge in [-0.15, -0.1) is 0 Å². The van der Waals surface area contributed by atoms with Crippen LogP contribution in [0.25, 0.3) is 0 Å². The largest absolute Gasteiger partial charge is 0.384 e. The third kappa shape index (κ3) is 3.46. The molecule has 4 saturated carbocycles. The van der Waals surface area contributed by atoms with Crippen LogP contribution in [-0.4, -0.2) is 11.4 Å². The summed E-state index contributed by atoms with van der Waals surface area (Å²) >= 11 is 3.37. The molecule has 5 heteroatoms. The number of hydrogen-bond donors (Lipinski definition) is 2. The van der Waals surface area contributed by atoms with E-state index in [1.54, 1.807) is 6.20 Å². The van der Waals surface area contributed by atoms with Crippen molar-refractivity contribution < 1.29 is 4.79 Å². The van der Waals surface area contributed by atoms with Crippen molar-refractivity contribution in [2.24, 2.45) is 17.8 Å². The number of carbonyl (C=O) groups is 1. The molecule has 1 aromatic carbocycles. The first-order valence-electron chi connectivity index (χ1n) is 9.00. The molecule has 0 aromatic heterocycles. The Balaban J connectivity index is 1.45. The highest BCUT2D eigenvalue weighted by Gasteiger charge is 2.50. The van der Waals surface area contributed by atoms with E-state index < -0.39 is 0 Å². The second-order valence-corrected chi connectivity index (χ2v) is 8.89. The van der Waals surface area contributed by atoms with E-state index in [0.29, 0.717) is 5.69 Å². The van der Waals surface area contributed by atoms with E-state index in [0.717, 1.165) is 22.2 Å². The maximum Gasteiger partial charge on any atom is 0.267 e. The van der Waals surface area contributed by atoms with E-state index in [1.807, 2.05) is 30.3 Å². The minimum atomic E-state index is -0.359. The number of benzene rings is 1. The van der Waals surface area contributed by atoms with Crippen LogP contribution in [0.5, 0.6) is 0 Å². The predicted molar refractivity (Wildman–Crippen MR) is 101 cm³/mol. The van der Waals surface area contributed by atoms with Crippen LogP contribution >= 0.6 is 15.9 Å². The summed E-state index contributed by atoms with van der Waals surface area (Å²) in [6.07, 6.45) is 9.33. The van der Waals surface area contributed by atoms with Crippen LogP contribution in [0.15, 0.2) is 40.5 Å². The summed E-state index contributed by atoms with van der Waals surface area (Å²) in [7, 11) is 0. The SMILES string of the molecule is N#C/C(=C/NC12CC3CC(CC(C3)C1)C2)C(=O)Nc1ccc(Br)cc1. The first-order valence-corrected chi connectivity index (χ1v) is 9.79. The molecule has 5 rings (SSSR count). The van der Waals surface area contributed by atoms with Crippen LogP contribution in [0.4, 0.5) is 5.69 Å². The zero-order valence-electron chi connectivity index (χ0n) is 14.1. The lowest BCUT2D eigenvalue weighted by atomic mass is 9.53. The zero-order chi connectivity index (χ0) is 17.4. The van der Waals surface area contributed by atoms with Gasteiger partial charge in [0.05, 0.1) is 0 Å². The molecule has 4 nitrogen and oxygen atoms in total. The summed E-state index contributed by atoms with van der Waals surface area (Å²) < 4.78 is 0.949. The van der Waals surface area contributed by atoms with Crippen molar-refractivity contribution >= 4 is 27.5 Å². The number of halogens is 1. The maximum atomic E-state index is 12.4. The molecule has 0 aliphatic heterocycles. The summed E-state index contributed by atoms with van der Waals surface area (Å²) in [5, 5.41) is 15.7. The van der Waals surface area contributed by atoms with Gasteiger partial charge in [-0.1, -0.05) is 15.9 Å². The number of carbonyl (C=O) groups excluding carboxylic acids is 1. The third-order valence-electron chi connectivity index (χ3n) is 6.03. The molecular formula is C20H22BrN3O. The van der Waals surface area contributed by atoms with Crippen molar-refractivity contribution in [2.75, 3.05) is 5.32 Å². The summed E-state index contributed by atoms with van der Waals surface area (Å²) in [5.74, 6) is 2.12. The van der Waals surface area contributed by atoms with Crippen LogP contribution in [0, 0.1) is 29.1 Å². The van der Waals surface area contributed by atoms with E-state index >= 15 is 0 Å². The van der Waals surface area contributed by atoms with E-state index in [2.05, 4.69) is 26.6 Å². The molecule has 0 saturated heterocycles. The molecule has 0 radical (unpaired) electrons. The number of nitrogens with zero attached hydrogens (tertiary/aromatic N) is 1. The van der Waals surface area contributed by atoms with Gasteiger partial charge in [-0.05, 0) is 80.5 Å². The number of nitriles is 1. The third-order valence-corrected chi connectivity index (χ3v) is 6.56. The molecule has 4 fully saturated rings. The molecule has 0 atom stereocenters. The minimum Gasteiger partial charge on any atom is -0.384 e. The van der Waals surface area contributed by atoms with Crippen LogP contribution in [0.2, 0.25) is 0 Å². The molecule has 4 bridgehead atoms. The van der Waals surface area contributed by atoms with Gasteiger partial charge >= 0.3 is 0 Å². The predicted octanol–water partition coefficient (Wildman–Crippen LogP) is 4.35. The minimum absolute atomic E-state index is 0.106. The quantitative estimate of drug-likeness (QED) is 0.583. The van der Waals surface area contributed by atoms with Gasteiger partial charge in [-0.2, -0.15) is 5.26 Å². The Morgan fingerprint density at radius 2 is 1.68 bits per heavy atom. The topological polar surface area (TPSA) is 64.9 Å². The number of rotatable bonds is 4. The Hall–Kier alpha value is -1.80. The molecule has 2 N–H and O–H groups in total. The molecule has 4 aliphatic carbocycles. The fourth-order valence-electron chi connectivity index (χ4n) is 5.39. The van der Waals surface area contributed by atoms with Crippen LogP contribution in [-0.2, 0) is 4.79 Å². The molecule has 0 heterocycles. The number of anilines is 1. The van der Waals surface area contributed by atoms with E-state index in [-0.39, 0.29) is 17.0 Å². The second kappa shape index (κ2) is 6.49. The Morgan fingerprint density at radius 1 is 1.12 bits per heavy atom. The van der Waals surface area contributed by atoms with Gasteiger partial charge in [0.1, 0.15) is 11.6 Å². The van der Waals surface area contributed by atoms with Crippen molar-refractivity contribution in [1.29, 1.82) is 5.26 Å². The summed E-state index contributed by atoms with van der Waals surface area (Å²) in [4.78, 5) is 12.4. The summed E-state index contributed by atoms with van der Waals surface area (Å²) in [5.41, 5.74) is 0.928. The second-order valence-electron chi connectivity index (χ2n) is 7.97. The van der Waals surface area contributed by atoms with Crippen molar-refractivity contribution in [1.82, 2.24) is 5.32 Å². The lowest BCUT2D eigenvalue weighted by Crippen LogP contribution is -2.57. The highest BCUT2D eigenvalue weighted by atomic mass is 79.9. The van der Waals surface area contributed by atoms with E-state index in [1.165, 1.54) is 38.5 Å². The standard InChI is InChI=1S/C20H22BrN3O/c21-17-1-3-18(4-2-17)24-19(25)16(11-22)12-23-20-8-13-5-14(9-20)7-15(6-13)10-20/h1-4,12-15,23H,5-10H2,(H,24,25)/b16-12-. The van der Waals surface area contributed by atoms with Crippen molar-refractivity contribution in [3.05, 3.63) is 40.5 Å². The normalized spacial score (nSPS) is 33.0. The van der Waals surface area contributed by atoms with Crippen molar-refractivity contribution in [2.45, 2.75) is 44.1 Å². The Bertz CT molecular complexity index is 712. The molecule has 130 valence electrons. The average Bonchev–Trinajstić information content (AvgIpc) is 2.56. The fraction of sp³-hybridized carbons (Fsp3) is 0.500. The summed E-state index contributed by atoms with van der Waals surface area (Å²) in [6.45, 7) is 0.